The molecule has 32 heavy (non-hydrogen) atoms. The van der Waals surface area contributed by atoms with Gasteiger partial charge in [-0.1, -0.05) is 67.3 Å². The minimum atomic E-state index is -3.73. The minimum Gasteiger partial charge on any atom is -0.355 e. The molecule has 0 saturated carbocycles. The van der Waals surface area contributed by atoms with E-state index in [1.807, 2.05) is 51.1 Å². The normalized spacial score (nSPS) is 11.3. The van der Waals surface area contributed by atoms with Crippen molar-refractivity contribution in [3.63, 3.8) is 0 Å². The maximum absolute atomic E-state index is 13.1. The predicted molar refractivity (Wildman–Crippen MR) is 135 cm³/mol. The van der Waals surface area contributed by atoms with Crippen LogP contribution < -0.4 is 10.0 Å². The zero-order valence-electron chi connectivity index (χ0n) is 18.4. The first-order valence-corrected chi connectivity index (χ1v) is 11.9. The number of hydrogen-bond donors (Lipinski definition) is 2. The molecule has 0 unspecified atom stereocenters. The van der Waals surface area contributed by atoms with Crippen molar-refractivity contribution in [2.45, 2.75) is 25.7 Å². The van der Waals surface area contributed by atoms with Gasteiger partial charge in [-0.2, -0.15) is 0 Å². The highest BCUT2D eigenvalue weighted by molar-refractivity contribution is 7.92. The van der Waals surface area contributed by atoms with Crippen molar-refractivity contribution in [1.82, 2.24) is 0 Å². The Balaban J connectivity index is 1.74. The monoisotopic (exact) mass is 442 g/mol. The van der Waals surface area contributed by atoms with Gasteiger partial charge in [-0.3, -0.25) is 4.72 Å². The number of benzene rings is 4. The molecule has 0 heterocycles. The van der Waals surface area contributed by atoms with Crippen LogP contribution in [0.2, 0.25) is 0 Å². The Morgan fingerprint density at radius 3 is 2.19 bits per heavy atom. The fourth-order valence-electron chi connectivity index (χ4n) is 3.98. The molecule has 0 fully saturated rings. The van der Waals surface area contributed by atoms with Crippen molar-refractivity contribution in [1.29, 1.82) is 0 Å². The quantitative estimate of drug-likeness (QED) is 0.340. The maximum atomic E-state index is 13.1. The number of fused-ring (bicyclic) bond motifs is 1. The van der Waals surface area contributed by atoms with Crippen LogP contribution in [-0.4, -0.2) is 8.42 Å². The summed E-state index contributed by atoms with van der Waals surface area (Å²) in [5.41, 5.74) is 6.10. The molecule has 0 atom stereocenters. The lowest BCUT2D eigenvalue weighted by Crippen LogP contribution is -2.15. The average Bonchev–Trinajstić information content (AvgIpc) is 2.79. The molecule has 0 radical (unpaired) electrons. The third-order valence-corrected chi connectivity index (χ3v) is 7.05. The topological polar surface area (TPSA) is 58.2 Å². The summed E-state index contributed by atoms with van der Waals surface area (Å²) in [4.78, 5) is 0.214. The van der Waals surface area contributed by atoms with Crippen molar-refractivity contribution in [2.75, 3.05) is 10.0 Å². The summed E-state index contributed by atoms with van der Waals surface area (Å²) < 4.78 is 29.0. The van der Waals surface area contributed by atoms with Gasteiger partial charge < -0.3 is 5.32 Å². The van der Waals surface area contributed by atoms with Gasteiger partial charge in [0, 0.05) is 16.8 Å². The zero-order chi connectivity index (χ0) is 22.9. The first kappa shape index (κ1) is 21.7. The lowest BCUT2D eigenvalue weighted by molar-refractivity contribution is 0.601. The van der Waals surface area contributed by atoms with Crippen LogP contribution >= 0.6 is 0 Å². The van der Waals surface area contributed by atoms with Gasteiger partial charge >= 0.3 is 0 Å². The molecule has 0 bridgehead atoms. The van der Waals surface area contributed by atoms with Crippen LogP contribution in [0, 0.1) is 20.8 Å². The maximum Gasteiger partial charge on any atom is 0.261 e. The molecule has 0 saturated heterocycles. The van der Waals surface area contributed by atoms with E-state index in [1.165, 1.54) is 0 Å². The second kappa shape index (κ2) is 8.52. The Kier molecular flexibility index (Phi) is 5.76. The van der Waals surface area contributed by atoms with Gasteiger partial charge in [-0.05, 0) is 66.6 Å². The van der Waals surface area contributed by atoms with Crippen LogP contribution in [0.1, 0.15) is 22.3 Å². The van der Waals surface area contributed by atoms with E-state index in [-0.39, 0.29) is 4.90 Å². The van der Waals surface area contributed by atoms with E-state index < -0.39 is 10.0 Å². The van der Waals surface area contributed by atoms with E-state index in [4.69, 9.17) is 0 Å². The van der Waals surface area contributed by atoms with Crippen molar-refractivity contribution in [3.05, 3.63) is 102 Å². The van der Waals surface area contributed by atoms with Gasteiger partial charge in [0.2, 0.25) is 0 Å². The van der Waals surface area contributed by atoms with Crippen molar-refractivity contribution < 1.29 is 8.42 Å². The lowest BCUT2D eigenvalue weighted by Gasteiger charge is -2.20. The molecule has 4 aromatic rings. The molecule has 0 aliphatic carbocycles. The highest BCUT2D eigenvalue weighted by Crippen LogP contribution is 2.36. The zero-order valence-corrected chi connectivity index (χ0v) is 19.3. The lowest BCUT2D eigenvalue weighted by atomic mass is 10.0. The molecular formula is C27H26N2O2S. The van der Waals surface area contributed by atoms with Crippen LogP contribution in [0.4, 0.5) is 17.1 Å². The molecule has 4 nitrogen and oxygen atoms in total. The van der Waals surface area contributed by atoms with Gasteiger partial charge in [-0.15, -0.1) is 0 Å². The average molecular weight is 443 g/mol. The Hall–Kier alpha value is -3.57. The van der Waals surface area contributed by atoms with E-state index in [2.05, 4.69) is 34.8 Å². The van der Waals surface area contributed by atoms with Crippen LogP contribution in [0.3, 0.4) is 0 Å². The van der Waals surface area contributed by atoms with Gasteiger partial charge in [0.25, 0.3) is 10.0 Å². The molecule has 4 rings (SSSR count). The largest absolute Gasteiger partial charge is 0.355 e. The molecule has 0 spiro atoms. The number of rotatable bonds is 6. The second-order valence-electron chi connectivity index (χ2n) is 7.92. The summed E-state index contributed by atoms with van der Waals surface area (Å²) in [5, 5.41) is 5.80. The molecular weight excluding hydrogens is 416 g/mol. The summed E-state index contributed by atoms with van der Waals surface area (Å²) in [6, 6.07) is 23.0. The van der Waals surface area contributed by atoms with Crippen LogP contribution in [0.15, 0.2) is 84.3 Å². The molecule has 0 amide bonds. The van der Waals surface area contributed by atoms with Crippen LogP contribution in [0.25, 0.3) is 16.8 Å². The fourth-order valence-corrected chi connectivity index (χ4v) is 5.18. The summed E-state index contributed by atoms with van der Waals surface area (Å²) in [7, 11) is -3.73. The number of nitrogens with one attached hydrogen (secondary N) is 2. The Morgan fingerprint density at radius 1 is 0.812 bits per heavy atom. The SMILES string of the molecule is C=Cc1ccc(S(=O)(=O)Nc2c(C)cc(C)c(Nc3cccc4ccccc34)c2C)cc1. The fraction of sp³-hybridized carbons (Fsp3) is 0.111. The summed E-state index contributed by atoms with van der Waals surface area (Å²) in [5.74, 6) is 0. The van der Waals surface area contributed by atoms with Crippen molar-refractivity contribution >= 4 is 43.9 Å². The highest BCUT2D eigenvalue weighted by Gasteiger charge is 2.19. The highest BCUT2D eigenvalue weighted by atomic mass is 32.2. The van der Waals surface area contributed by atoms with E-state index >= 15 is 0 Å². The van der Waals surface area contributed by atoms with Crippen molar-refractivity contribution in [3.8, 4) is 0 Å². The predicted octanol–water partition coefficient (Wildman–Crippen LogP) is 6.95. The summed E-state index contributed by atoms with van der Waals surface area (Å²) in [6.45, 7) is 9.59. The summed E-state index contributed by atoms with van der Waals surface area (Å²) in [6.07, 6.45) is 1.68. The Labute approximate surface area is 189 Å². The first-order valence-electron chi connectivity index (χ1n) is 10.4. The molecule has 2 N–H and O–H groups in total. The van der Waals surface area contributed by atoms with Crippen molar-refractivity contribution in [2.24, 2.45) is 0 Å². The molecule has 0 aromatic heterocycles. The molecule has 0 aliphatic rings. The van der Waals surface area contributed by atoms with Crippen LogP contribution in [0.5, 0.6) is 0 Å². The van der Waals surface area contributed by atoms with E-state index in [0.717, 1.165) is 44.4 Å². The number of sulfonamides is 1. The minimum absolute atomic E-state index is 0.214. The molecule has 5 heteroatoms. The second-order valence-corrected chi connectivity index (χ2v) is 9.60. The van der Waals surface area contributed by atoms with Gasteiger partial charge in [0.05, 0.1) is 10.6 Å². The Bertz CT molecular complexity index is 1420. The van der Waals surface area contributed by atoms with Crippen LogP contribution in [-0.2, 0) is 10.0 Å². The third-order valence-electron chi connectivity index (χ3n) is 5.68. The number of anilines is 3. The molecule has 4 aromatic carbocycles. The van der Waals surface area contributed by atoms with Gasteiger partial charge in [-0.25, -0.2) is 8.42 Å². The van der Waals surface area contributed by atoms with E-state index in [0.29, 0.717) is 5.69 Å². The summed E-state index contributed by atoms with van der Waals surface area (Å²) >= 11 is 0. The number of hydrogen-bond acceptors (Lipinski definition) is 3. The van der Waals surface area contributed by atoms with Gasteiger partial charge in [0.15, 0.2) is 0 Å². The Morgan fingerprint density at radius 2 is 1.47 bits per heavy atom. The molecule has 0 aliphatic heterocycles. The first-order chi connectivity index (χ1) is 15.3. The molecule has 162 valence electrons. The van der Waals surface area contributed by atoms with E-state index in [1.54, 1.807) is 30.3 Å². The number of aryl methyl sites for hydroxylation is 2. The third kappa shape index (κ3) is 4.12. The van der Waals surface area contributed by atoms with Gasteiger partial charge in [0.1, 0.15) is 0 Å². The standard InChI is InChI=1S/C27H26N2O2S/c1-5-21-13-15-23(16-14-21)32(30,31)29-27-19(3)17-18(2)26(20(27)4)28-25-12-8-10-22-9-6-7-11-24(22)25/h5-17,28-29H,1H2,2-4H3. The smallest absolute Gasteiger partial charge is 0.261 e. The van der Waals surface area contributed by atoms with E-state index in [9.17, 15) is 8.42 Å².